The van der Waals surface area contributed by atoms with E-state index in [4.69, 9.17) is 10.5 Å². The van der Waals surface area contributed by atoms with E-state index in [1.54, 1.807) is 18.3 Å². The molecule has 4 rings (SSSR count). The number of nitrogens with zero attached hydrogens (tertiary/aromatic N) is 2. The second kappa shape index (κ2) is 8.32. The zero-order valence-electron chi connectivity index (χ0n) is 16.4. The number of carbonyl (C=O) groups excluding carboxylic acids is 1. The quantitative estimate of drug-likeness (QED) is 0.650. The van der Waals surface area contributed by atoms with Crippen LogP contribution in [0.15, 0.2) is 40.9 Å². The lowest BCUT2D eigenvalue weighted by molar-refractivity contribution is 0.0788. The Kier molecular flexibility index (Phi) is 5.62. The summed E-state index contributed by atoms with van der Waals surface area (Å²) < 4.78 is 13.6. The van der Waals surface area contributed by atoms with Crippen LogP contribution in [0.4, 0.5) is 5.69 Å². The summed E-state index contributed by atoms with van der Waals surface area (Å²) in [6.45, 7) is 2.27. The van der Waals surface area contributed by atoms with Gasteiger partial charge in [0.25, 0.3) is 5.91 Å². The first-order chi connectivity index (χ1) is 14.1. The number of hydrogen-bond acceptors (Lipinski definition) is 7. The van der Waals surface area contributed by atoms with E-state index >= 15 is 0 Å². The van der Waals surface area contributed by atoms with E-state index in [1.807, 2.05) is 25.1 Å². The Balaban J connectivity index is 1.54. The molecule has 1 aromatic heterocycles. The Morgan fingerprint density at radius 3 is 2.93 bits per heavy atom. The molecule has 1 aliphatic heterocycles. The molecule has 152 valence electrons. The largest absolute Gasteiger partial charge is 0.490 e. The van der Waals surface area contributed by atoms with Gasteiger partial charge >= 0.3 is 0 Å². The van der Waals surface area contributed by atoms with E-state index in [9.17, 15) is 4.79 Å². The molecule has 0 atom stereocenters. The number of amidine groups is 1. The average molecular weight is 412 g/mol. The topological polar surface area (TPSA) is 102 Å². The van der Waals surface area contributed by atoms with Gasteiger partial charge in [0.05, 0.1) is 28.9 Å². The first-order valence-electron chi connectivity index (χ1n) is 9.83. The van der Waals surface area contributed by atoms with Gasteiger partial charge in [-0.05, 0) is 44.0 Å². The van der Waals surface area contributed by atoms with Crippen LogP contribution >= 0.6 is 12.1 Å². The Morgan fingerprint density at radius 1 is 1.31 bits per heavy atom. The minimum atomic E-state index is -0.405. The number of pyridine rings is 1. The lowest BCUT2D eigenvalue weighted by Crippen LogP contribution is -2.54. The molecule has 8 heteroatoms. The molecule has 1 amide bonds. The van der Waals surface area contributed by atoms with Crippen LogP contribution in [-0.4, -0.2) is 28.9 Å². The molecule has 1 fully saturated rings. The number of fused-ring (bicyclic) bond motifs is 1. The normalized spacial score (nSPS) is 17.5. The molecule has 1 aromatic carbocycles. The second-order valence-electron chi connectivity index (χ2n) is 7.62. The van der Waals surface area contributed by atoms with Crippen molar-refractivity contribution in [3.8, 4) is 5.75 Å². The van der Waals surface area contributed by atoms with Gasteiger partial charge in [-0.2, -0.15) is 4.40 Å². The van der Waals surface area contributed by atoms with E-state index in [-0.39, 0.29) is 5.91 Å². The molecule has 0 spiro atoms. The molecule has 2 aliphatic rings. The number of hydrogen-bond donors (Lipinski definition) is 3. The number of aromatic nitrogens is 1. The summed E-state index contributed by atoms with van der Waals surface area (Å²) >= 11 is 1.20. The molecule has 29 heavy (non-hydrogen) atoms. The maximum Gasteiger partial charge on any atom is 0.251 e. The van der Waals surface area contributed by atoms with Crippen LogP contribution in [0.5, 0.6) is 5.75 Å². The minimum Gasteiger partial charge on any atom is -0.490 e. The highest BCUT2D eigenvalue weighted by Crippen LogP contribution is 2.34. The van der Waals surface area contributed by atoms with Crippen molar-refractivity contribution in [2.24, 2.45) is 10.1 Å². The summed E-state index contributed by atoms with van der Waals surface area (Å²) in [7, 11) is 0. The van der Waals surface area contributed by atoms with Crippen LogP contribution in [-0.2, 0) is 0 Å². The summed E-state index contributed by atoms with van der Waals surface area (Å²) in [5, 5.41) is 3.26. The first-order valence-corrected chi connectivity index (χ1v) is 10.6. The fourth-order valence-corrected chi connectivity index (χ4v) is 4.42. The van der Waals surface area contributed by atoms with E-state index in [2.05, 4.69) is 19.4 Å². The molecule has 1 saturated carbocycles. The van der Waals surface area contributed by atoms with Gasteiger partial charge in [0.1, 0.15) is 18.2 Å². The number of amides is 1. The number of nitrogens with one attached hydrogen (secondary N) is 2. The Labute approximate surface area is 174 Å². The molecule has 0 saturated heterocycles. The fourth-order valence-electron chi connectivity index (χ4n) is 3.92. The van der Waals surface area contributed by atoms with Gasteiger partial charge in [0.15, 0.2) is 0 Å². The Hall–Kier alpha value is -2.74. The molecule has 2 aromatic rings. The zero-order valence-corrected chi connectivity index (χ0v) is 17.2. The summed E-state index contributed by atoms with van der Waals surface area (Å²) in [5.74, 6) is 1.03. The highest BCUT2D eigenvalue weighted by Gasteiger charge is 2.35. The van der Waals surface area contributed by atoms with Crippen molar-refractivity contribution in [1.82, 2.24) is 10.3 Å². The van der Waals surface area contributed by atoms with Crippen molar-refractivity contribution >= 4 is 29.6 Å². The van der Waals surface area contributed by atoms with E-state index in [1.165, 1.54) is 18.6 Å². The second-order valence-corrected chi connectivity index (χ2v) is 8.19. The maximum absolute atomic E-state index is 12.9. The van der Waals surface area contributed by atoms with Gasteiger partial charge in [-0.25, -0.2) is 0 Å². The zero-order chi connectivity index (χ0) is 20.3. The minimum absolute atomic E-state index is 0.0877. The third-order valence-corrected chi connectivity index (χ3v) is 6.03. The molecule has 0 bridgehead atoms. The molecule has 1 aliphatic carbocycles. The lowest BCUT2D eigenvalue weighted by atomic mass is 9.82. The summed E-state index contributed by atoms with van der Waals surface area (Å²) in [5.41, 5.74) is 8.79. The molecular weight excluding hydrogens is 386 g/mol. The van der Waals surface area contributed by atoms with Crippen molar-refractivity contribution in [2.75, 3.05) is 11.3 Å². The van der Waals surface area contributed by atoms with E-state index in [0.29, 0.717) is 23.8 Å². The summed E-state index contributed by atoms with van der Waals surface area (Å²) in [6, 6.07) is 9.31. The van der Waals surface area contributed by atoms with Crippen molar-refractivity contribution in [3.05, 3.63) is 53.3 Å². The van der Waals surface area contributed by atoms with E-state index in [0.717, 1.165) is 42.6 Å². The number of aryl methyl sites for hydroxylation is 1. The predicted octanol–water partition coefficient (Wildman–Crippen LogP) is 3.60. The highest BCUT2D eigenvalue weighted by atomic mass is 32.2. The SMILES string of the molecule is Cc1cc(C(=O)NC2(COc3cccc4c3C(N)=NSN4)CCCCC2)ccn1. The molecule has 0 unspecified atom stereocenters. The number of ether oxygens (including phenoxy) is 1. The number of benzene rings is 1. The van der Waals surface area contributed by atoms with Gasteiger partial charge in [0, 0.05) is 17.5 Å². The Bertz CT molecular complexity index is 940. The van der Waals surface area contributed by atoms with E-state index < -0.39 is 5.54 Å². The average Bonchev–Trinajstić information content (AvgIpc) is 2.73. The molecule has 2 heterocycles. The molecule has 4 N–H and O–H groups in total. The number of carbonyl (C=O) groups is 1. The number of rotatable bonds is 5. The van der Waals surface area contributed by atoms with Gasteiger partial charge < -0.3 is 20.5 Å². The monoisotopic (exact) mass is 411 g/mol. The van der Waals surface area contributed by atoms with Crippen molar-refractivity contribution in [2.45, 2.75) is 44.6 Å². The van der Waals surface area contributed by atoms with Gasteiger partial charge in [-0.15, -0.1) is 0 Å². The van der Waals surface area contributed by atoms with Crippen molar-refractivity contribution in [3.63, 3.8) is 0 Å². The van der Waals surface area contributed by atoms with Gasteiger partial charge in [-0.1, -0.05) is 25.3 Å². The third kappa shape index (κ3) is 4.32. The van der Waals surface area contributed by atoms with Crippen LogP contribution < -0.4 is 20.5 Å². The number of nitrogens with two attached hydrogens (primary N) is 1. The smallest absolute Gasteiger partial charge is 0.251 e. The van der Waals surface area contributed by atoms with Gasteiger partial charge in [-0.3, -0.25) is 9.78 Å². The third-order valence-electron chi connectivity index (χ3n) is 5.43. The van der Waals surface area contributed by atoms with Crippen molar-refractivity contribution < 1.29 is 9.53 Å². The molecular formula is C21H25N5O2S. The highest BCUT2D eigenvalue weighted by molar-refractivity contribution is 7.99. The predicted molar refractivity (Wildman–Crippen MR) is 116 cm³/mol. The lowest BCUT2D eigenvalue weighted by Gasteiger charge is -2.38. The summed E-state index contributed by atoms with van der Waals surface area (Å²) in [4.78, 5) is 17.1. The van der Waals surface area contributed by atoms with Crippen LogP contribution in [0.1, 0.15) is 53.7 Å². The fraction of sp³-hybridized carbons (Fsp3) is 0.381. The van der Waals surface area contributed by atoms with Crippen LogP contribution in [0.3, 0.4) is 0 Å². The number of anilines is 1. The first kappa shape index (κ1) is 19.6. The van der Waals surface area contributed by atoms with Crippen LogP contribution in [0.25, 0.3) is 0 Å². The van der Waals surface area contributed by atoms with Crippen LogP contribution in [0, 0.1) is 6.92 Å². The van der Waals surface area contributed by atoms with Crippen molar-refractivity contribution in [1.29, 1.82) is 0 Å². The molecule has 7 nitrogen and oxygen atoms in total. The molecule has 0 radical (unpaired) electrons. The van der Waals surface area contributed by atoms with Gasteiger partial charge in [0.2, 0.25) is 0 Å². The Morgan fingerprint density at radius 2 is 2.14 bits per heavy atom. The maximum atomic E-state index is 12.9. The van der Waals surface area contributed by atoms with Crippen LogP contribution in [0.2, 0.25) is 0 Å². The standard InChI is InChI=1S/C21H25N5O2S/c1-14-12-15(8-11-23-14)20(27)24-21(9-3-2-4-10-21)13-28-17-7-5-6-16-18(17)19(22)26-29-25-16/h5-8,11-12,25H,2-4,9-10,13H2,1H3,(H2,22,26)(H,24,27). The summed E-state index contributed by atoms with van der Waals surface area (Å²) in [6.07, 6.45) is 6.73.